The Morgan fingerprint density at radius 3 is 2.77 bits per heavy atom. The number of fused-ring (bicyclic) bond motifs is 1. The maximum Gasteiger partial charge on any atom is 0.255 e. The fraction of sp³-hybridized carbons (Fsp3) is 0.318. The van der Waals surface area contributed by atoms with Crippen molar-refractivity contribution in [2.75, 3.05) is 31.1 Å². The Bertz CT molecular complexity index is 1050. The van der Waals surface area contributed by atoms with E-state index in [4.69, 9.17) is 10.7 Å². The van der Waals surface area contributed by atoms with E-state index >= 15 is 0 Å². The molecule has 4 rings (SSSR count). The van der Waals surface area contributed by atoms with Crippen molar-refractivity contribution >= 4 is 29.3 Å². The lowest BCUT2D eigenvalue weighted by molar-refractivity contribution is 0.0957. The van der Waals surface area contributed by atoms with Gasteiger partial charge in [0.25, 0.3) is 6.43 Å². The number of benzene rings is 2. The minimum absolute atomic E-state index is 0.203. The highest BCUT2D eigenvalue weighted by Crippen LogP contribution is 2.29. The summed E-state index contributed by atoms with van der Waals surface area (Å²) in [6.45, 7) is 5.51. The largest absolute Gasteiger partial charge is 0.352 e. The zero-order valence-corrected chi connectivity index (χ0v) is 16.6. The van der Waals surface area contributed by atoms with Crippen LogP contribution in [0.4, 0.5) is 20.3 Å². The van der Waals surface area contributed by atoms with Gasteiger partial charge in [0.1, 0.15) is 5.82 Å². The molecule has 1 aliphatic rings. The molecule has 0 amide bonds. The summed E-state index contributed by atoms with van der Waals surface area (Å²) in [5.74, 6) is 0.610. The number of aliphatic imine (C=N–C) groups is 1. The van der Waals surface area contributed by atoms with Crippen molar-refractivity contribution in [2.24, 2.45) is 10.7 Å². The second-order valence-electron chi connectivity index (χ2n) is 7.31. The van der Waals surface area contributed by atoms with Gasteiger partial charge in [0, 0.05) is 19.6 Å². The van der Waals surface area contributed by atoms with Gasteiger partial charge >= 0.3 is 0 Å². The van der Waals surface area contributed by atoms with Crippen LogP contribution in [0.1, 0.15) is 5.56 Å². The van der Waals surface area contributed by atoms with E-state index in [0.29, 0.717) is 25.5 Å². The van der Waals surface area contributed by atoms with Crippen LogP contribution >= 0.6 is 0 Å². The predicted octanol–water partition coefficient (Wildman–Crippen LogP) is 3.17. The first kappa shape index (κ1) is 20.3. The van der Waals surface area contributed by atoms with Crippen LogP contribution in [-0.2, 0) is 6.42 Å². The summed E-state index contributed by atoms with van der Waals surface area (Å²) in [6.07, 6.45) is -0.0226. The van der Waals surface area contributed by atoms with E-state index in [1.165, 1.54) is 0 Å². The third kappa shape index (κ3) is 4.15. The van der Waals surface area contributed by atoms with Gasteiger partial charge in [-0.3, -0.25) is 9.98 Å². The molecule has 30 heavy (non-hydrogen) atoms. The molecule has 0 saturated carbocycles. The number of anilines is 1. The molecule has 1 unspecified atom stereocenters. The number of alkyl halides is 2. The Kier molecular flexibility index (Phi) is 5.96. The molecule has 1 aliphatic heterocycles. The minimum atomic E-state index is -2.41. The van der Waals surface area contributed by atoms with E-state index < -0.39 is 12.5 Å². The molecule has 0 radical (unpaired) electrons. The van der Waals surface area contributed by atoms with Crippen LogP contribution in [0.15, 0.2) is 47.6 Å². The zero-order chi connectivity index (χ0) is 21.1. The van der Waals surface area contributed by atoms with Gasteiger partial charge in [-0.1, -0.05) is 18.2 Å². The first-order valence-corrected chi connectivity index (χ1v) is 9.92. The van der Waals surface area contributed by atoms with Crippen LogP contribution in [0.25, 0.3) is 22.2 Å². The van der Waals surface area contributed by atoms with E-state index in [9.17, 15) is 8.78 Å². The molecule has 0 spiro atoms. The van der Waals surface area contributed by atoms with Crippen LogP contribution in [0, 0.1) is 0 Å². The van der Waals surface area contributed by atoms with E-state index in [-0.39, 0.29) is 6.54 Å². The summed E-state index contributed by atoms with van der Waals surface area (Å²) >= 11 is 0. The van der Waals surface area contributed by atoms with Gasteiger partial charge < -0.3 is 16.0 Å². The average Bonchev–Trinajstić information content (AvgIpc) is 2.79. The lowest BCUT2D eigenvalue weighted by atomic mass is 10.0. The Balaban J connectivity index is 1.66. The molecule has 6 nitrogen and oxygen atoms in total. The number of rotatable bonds is 6. The second kappa shape index (κ2) is 8.81. The van der Waals surface area contributed by atoms with Crippen LogP contribution in [0.5, 0.6) is 0 Å². The second-order valence-corrected chi connectivity index (χ2v) is 7.31. The molecular weight excluding hydrogens is 386 g/mol. The molecule has 1 saturated heterocycles. The first-order chi connectivity index (χ1) is 14.6. The quantitative estimate of drug-likeness (QED) is 0.610. The van der Waals surface area contributed by atoms with Crippen molar-refractivity contribution in [3.05, 3.63) is 48.2 Å². The molecule has 1 aromatic heterocycles. The number of hydrogen-bond acceptors (Lipinski definition) is 6. The van der Waals surface area contributed by atoms with Gasteiger partial charge in [-0.15, -0.1) is 0 Å². The SMILES string of the molecule is C=Nc1cc(-c2ccc3ncc(N4CCNC(C(F)F)C4)nc3c2)ccc1CCN. The summed E-state index contributed by atoms with van der Waals surface area (Å²) < 4.78 is 26.2. The predicted molar refractivity (Wildman–Crippen MR) is 117 cm³/mol. The maximum atomic E-state index is 13.1. The Morgan fingerprint density at radius 2 is 2.00 bits per heavy atom. The van der Waals surface area contributed by atoms with E-state index in [1.54, 1.807) is 6.20 Å². The number of nitrogens with two attached hydrogens (primary N) is 1. The minimum Gasteiger partial charge on any atom is -0.352 e. The molecule has 3 aromatic rings. The molecule has 2 heterocycles. The standard InChI is InChI=1S/C22H24F2N6/c1-26-18-10-15(3-2-14(18)6-7-25)16-4-5-17-19(11-16)29-21(12-28-17)30-9-8-27-20(13-30)22(23)24/h2-5,10-12,20,22,27H,1,6-9,13,25H2. The molecule has 1 atom stereocenters. The van der Waals surface area contributed by atoms with Crippen LogP contribution in [0.3, 0.4) is 0 Å². The van der Waals surface area contributed by atoms with Crippen LogP contribution < -0.4 is 16.0 Å². The van der Waals surface area contributed by atoms with E-state index in [1.807, 2.05) is 41.3 Å². The molecule has 0 aliphatic carbocycles. The fourth-order valence-electron chi connectivity index (χ4n) is 3.75. The third-order valence-electron chi connectivity index (χ3n) is 5.37. The van der Waals surface area contributed by atoms with E-state index in [2.05, 4.69) is 22.0 Å². The number of nitrogens with zero attached hydrogens (tertiary/aromatic N) is 4. The van der Waals surface area contributed by atoms with Gasteiger partial charge in [-0.25, -0.2) is 13.8 Å². The average molecular weight is 410 g/mol. The summed E-state index contributed by atoms with van der Waals surface area (Å²) in [6, 6.07) is 11.0. The Morgan fingerprint density at radius 1 is 1.20 bits per heavy atom. The van der Waals surface area contributed by atoms with Gasteiger partial charge in [0.15, 0.2) is 0 Å². The molecular formula is C22H24F2N6. The number of aromatic nitrogens is 2. The number of nitrogens with one attached hydrogen (secondary N) is 1. The smallest absolute Gasteiger partial charge is 0.255 e. The van der Waals surface area contributed by atoms with Crippen LogP contribution in [0.2, 0.25) is 0 Å². The monoisotopic (exact) mass is 410 g/mol. The fourth-order valence-corrected chi connectivity index (χ4v) is 3.75. The highest BCUT2D eigenvalue weighted by atomic mass is 19.3. The van der Waals surface area contributed by atoms with Crippen molar-refractivity contribution < 1.29 is 8.78 Å². The molecule has 1 fully saturated rings. The maximum absolute atomic E-state index is 13.1. The topological polar surface area (TPSA) is 79.4 Å². The normalized spacial score (nSPS) is 16.9. The highest BCUT2D eigenvalue weighted by molar-refractivity contribution is 5.83. The number of piperazine rings is 1. The first-order valence-electron chi connectivity index (χ1n) is 9.92. The lowest BCUT2D eigenvalue weighted by Crippen LogP contribution is -2.54. The summed E-state index contributed by atoms with van der Waals surface area (Å²) in [5, 5.41) is 2.85. The third-order valence-corrected chi connectivity index (χ3v) is 5.37. The van der Waals surface area contributed by atoms with Crippen molar-refractivity contribution in [1.82, 2.24) is 15.3 Å². The molecule has 0 bridgehead atoms. The van der Waals surface area contributed by atoms with Crippen molar-refractivity contribution in [2.45, 2.75) is 18.9 Å². The summed E-state index contributed by atoms with van der Waals surface area (Å²) in [4.78, 5) is 15.2. The molecule has 3 N–H and O–H groups in total. The van der Waals surface area contributed by atoms with Crippen molar-refractivity contribution in [1.29, 1.82) is 0 Å². The number of hydrogen-bond donors (Lipinski definition) is 2. The number of halogens is 2. The summed E-state index contributed by atoms with van der Waals surface area (Å²) in [5.41, 5.74) is 11.0. The van der Waals surface area contributed by atoms with Crippen molar-refractivity contribution in [3.63, 3.8) is 0 Å². The van der Waals surface area contributed by atoms with Gasteiger partial charge in [-0.2, -0.15) is 0 Å². The molecule has 8 heteroatoms. The van der Waals surface area contributed by atoms with Crippen molar-refractivity contribution in [3.8, 4) is 11.1 Å². The van der Waals surface area contributed by atoms with Gasteiger partial charge in [0.05, 0.1) is 29.0 Å². The van der Waals surface area contributed by atoms with Gasteiger partial charge in [-0.05, 0) is 54.6 Å². The van der Waals surface area contributed by atoms with Gasteiger partial charge in [0.2, 0.25) is 0 Å². The summed E-state index contributed by atoms with van der Waals surface area (Å²) in [7, 11) is 0. The molecule has 2 aromatic carbocycles. The van der Waals surface area contributed by atoms with Crippen LogP contribution in [-0.4, -0.2) is 55.3 Å². The lowest BCUT2D eigenvalue weighted by Gasteiger charge is -2.33. The Hall–Kier alpha value is -2.97. The zero-order valence-electron chi connectivity index (χ0n) is 16.6. The highest BCUT2D eigenvalue weighted by Gasteiger charge is 2.27. The Labute approximate surface area is 173 Å². The van der Waals surface area contributed by atoms with E-state index in [0.717, 1.165) is 39.8 Å². The molecule has 156 valence electrons.